The summed E-state index contributed by atoms with van der Waals surface area (Å²) in [6.07, 6.45) is 2.45. The maximum atomic E-state index is 13.0. The van der Waals surface area contributed by atoms with Crippen molar-refractivity contribution in [3.8, 4) is 0 Å². The zero-order valence-electron chi connectivity index (χ0n) is 18.3. The summed E-state index contributed by atoms with van der Waals surface area (Å²) in [7, 11) is 0. The minimum Gasteiger partial charge on any atom is -0.350 e. The third-order valence-corrected chi connectivity index (χ3v) is 5.33. The van der Waals surface area contributed by atoms with E-state index in [1.807, 2.05) is 73.3 Å². The van der Waals surface area contributed by atoms with Crippen molar-refractivity contribution in [2.75, 3.05) is 13.1 Å². The predicted octanol–water partition coefficient (Wildman–Crippen LogP) is 3.44. The first-order valence-corrected chi connectivity index (χ1v) is 10.9. The van der Waals surface area contributed by atoms with Gasteiger partial charge in [-0.25, -0.2) is 0 Å². The monoisotopic (exact) mass is 421 g/mol. The Morgan fingerprint density at radius 1 is 0.968 bits per heavy atom. The maximum absolute atomic E-state index is 13.0. The lowest BCUT2D eigenvalue weighted by Crippen LogP contribution is -2.40. The largest absolute Gasteiger partial charge is 0.350 e. The summed E-state index contributed by atoms with van der Waals surface area (Å²) < 4.78 is 0. The molecule has 1 aliphatic rings. The summed E-state index contributed by atoms with van der Waals surface area (Å²) >= 11 is 0. The quantitative estimate of drug-likeness (QED) is 0.685. The molecule has 0 saturated carbocycles. The van der Waals surface area contributed by atoms with Crippen LogP contribution in [0.5, 0.6) is 0 Å². The summed E-state index contributed by atoms with van der Waals surface area (Å²) in [5.41, 5.74) is 2.22. The molecule has 0 aromatic heterocycles. The second-order valence-electron chi connectivity index (χ2n) is 8.43. The van der Waals surface area contributed by atoms with Gasteiger partial charge in [0.05, 0.1) is 0 Å². The van der Waals surface area contributed by atoms with Crippen molar-refractivity contribution in [1.82, 2.24) is 15.5 Å². The zero-order valence-corrected chi connectivity index (χ0v) is 18.3. The first kappa shape index (κ1) is 22.5. The van der Waals surface area contributed by atoms with Crippen LogP contribution in [0.15, 0.2) is 54.6 Å². The lowest BCUT2D eigenvalue weighted by atomic mass is 10.0. The molecule has 0 bridgehead atoms. The number of carbonyl (C=O) groups excluding carboxylic acids is 3. The van der Waals surface area contributed by atoms with Crippen LogP contribution in [0.4, 0.5) is 0 Å². The standard InChI is InChI=1S/C25H31N3O3/c1-18(2)15-22(29)27-23(20-10-4-3-5-11-20)24(30)26-17-19-9-8-12-21(16-19)25(31)28-13-6-7-14-28/h3-5,8-12,16,18,23H,6-7,13-15,17H2,1-2H3,(H,26,30)(H,27,29). The number of benzene rings is 2. The van der Waals surface area contributed by atoms with Crippen molar-refractivity contribution in [2.24, 2.45) is 5.92 Å². The van der Waals surface area contributed by atoms with E-state index >= 15 is 0 Å². The van der Waals surface area contributed by atoms with Gasteiger partial charge in [-0.15, -0.1) is 0 Å². The summed E-state index contributed by atoms with van der Waals surface area (Å²) in [5, 5.41) is 5.77. The molecule has 2 aromatic carbocycles. The van der Waals surface area contributed by atoms with Gasteiger partial charge < -0.3 is 15.5 Å². The van der Waals surface area contributed by atoms with Gasteiger partial charge in [-0.1, -0.05) is 56.3 Å². The second kappa shape index (κ2) is 10.8. The van der Waals surface area contributed by atoms with Crippen LogP contribution >= 0.6 is 0 Å². The first-order valence-electron chi connectivity index (χ1n) is 10.9. The summed E-state index contributed by atoms with van der Waals surface area (Å²) in [6.45, 7) is 5.81. The van der Waals surface area contributed by atoms with Crippen LogP contribution in [0.1, 0.15) is 60.6 Å². The van der Waals surface area contributed by atoms with Crippen LogP contribution < -0.4 is 10.6 Å². The third kappa shape index (κ3) is 6.41. The molecule has 3 amide bonds. The molecule has 1 unspecified atom stereocenters. The van der Waals surface area contributed by atoms with E-state index in [9.17, 15) is 14.4 Å². The number of hydrogen-bond acceptors (Lipinski definition) is 3. The molecular weight excluding hydrogens is 390 g/mol. The Hall–Kier alpha value is -3.15. The number of rotatable bonds is 8. The molecule has 1 heterocycles. The van der Waals surface area contributed by atoms with Crippen molar-refractivity contribution in [3.63, 3.8) is 0 Å². The Labute approximate surface area is 184 Å². The maximum Gasteiger partial charge on any atom is 0.253 e. The molecule has 1 atom stereocenters. The Balaban J connectivity index is 1.67. The van der Waals surface area contributed by atoms with E-state index in [2.05, 4.69) is 10.6 Å². The Morgan fingerprint density at radius 3 is 2.35 bits per heavy atom. The van der Waals surface area contributed by atoms with E-state index in [-0.39, 0.29) is 30.2 Å². The Morgan fingerprint density at radius 2 is 1.68 bits per heavy atom. The van der Waals surface area contributed by atoms with E-state index in [1.165, 1.54) is 0 Å². The highest BCUT2D eigenvalue weighted by atomic mass is 16.2. The minimum absolute atomic E-state index is 0.0359. The molecule has 0 radical (unpaired) electrons. The number of nitrogens with zero attached hydrogens (tertiary/aromatic N) is 1. The van der Waals surface area contributed by atoms with E-state index in [0.29, 0.717) is 12.0 Å². The number of carbonyl (C=O) groups is 3. The fourth-order valence-electron chi connectivity index (χ4n) is 3.74. The molecule has 1 saturated heterocycles. The van der Waals surface area contributed by atoms with Gasteiger partial charge in [0.1, 0.15) is 6.04 Å². The molecule has 6 nitrogen and oxygen atoms in total. The van der Waals surface area contributed by atoms with E-state index in [1.54, 1.807) is 0 Å². The van der Waals surface area contributed by atoms with Gasteiger partial charge >= 0.3 is 0 Å². The van der Waals surface area contributed by atoms with Crippen molar-refractivity contribution in [3.05, 3.63) is 71.3 Å². The first-order chi connectivity index (χ1) is 14.9. The number of nitrogens with one attached hydrogen (secondary N) is 2. The van der Waals surface area contributed by atoms with Crippen LogP contribution in [0.2, 0.25) is 0 Å². The van der Waals surface area contributed by atoms with Gasteiger partial charge in [0.15, 0.2) is 0 Å². The van der Waals surface area contributed by atoms with Gasteiger partial charge in [0.25, 0.3) is 5.91 Å². The van der Waals surface area contributed by atoms with Crippen LogP contribution in [0, 0.1) is 5.92 Å². The molecule has 31 heavy (non-hydrogen) atoms. The normalized spacial score (nSPS) is 14.4. The highest BCUT2D eigenvalue weighted by Crippen LogP contribution is 2.16. The average molecular weight is 422 g/mol. The highest BCUT2D eigenvalue weighted by molar-refractivity contribution is 5.94. The summed E-state index contributed by atoms with van der Waals surface area (Å²) in [5.74, 6) is -0.194. The van der Waals surface area contributed by atoms with Crippen molar-refractivity contribution in [2.45, 2.75) is 45.7 Å². The molecular formula is C25H31N3O3. The van der Waals surface area contributed by atoms with Crippen molar-refractivity contribution >= 4 is 17.7 Å². The molecule has 6 heteroatoms. The average Bonchev–Trinajstić information content (AvgIpc) is 3.30. The van der Waals surface area contributed by atoms with Crippen molar-refractivity contribution < 1.29 is 14.4 Å². The second-order valence-corrected chi connectivity index (χ2v) is 8.43. The van der Waals surface area contributed by atoms with Gasteiger partial charge in [0, 0.05) is 31.6 Å². The molecule has 2 N–H and O–H groups in total. The number of hydrogen-bond donors (Lipinski definition) is 2. The predicted molar refractivity (Wildman–Crippen MR) is 120 cm³/mol. The lowest BCUT2D eigenvalue weighted by Gasteiger charge is -2.20. The summed E-state index contributed by atoms with van der Waals surface area (Å²) in [4.78, 5) is 39.8. The number of likely N-dealkylation sites (tertiary alicyclic amines) is 1. The Bertz CT molecular complexity index is 905. The Kier molecular flexibility index (Phi) is 7.82. The van der Waals surface area contributed by atoms with Gasteiger partial charge in [-0.3, -0.25) is 14.4 Å². The van der Waals surface area contributed by atoms with Gasteiger partial charge in [-0.2, -0.15) is 0 Å². The van der Waals surface area contributed by atoms with E-state index in [4.69, 9.17) is 0 Å². The van der Waals surface area contributed by atoms with Crippen LogP contribution in [-0.2, 0) is 16.1 Å². The molecule has 3 rings (SSSR count). The van der Waals surface area contributed by atoms with Gasteiger partial charge in [-0.05, 0) is 42.0 Å². The topological polar surface area (TPSA) is 78.5 Å². The van der Waals surface area contributed by atoms with Crippen LogP contribution in [0.25, 0.3) is 0 Å². The number of amides is 3. The van der Waals surface area contributed by atoms with Crippen LogP contribution in [0.3, 0.4) is 0 Å². The lowest BCUT2D eigenvalue weighted by molar-refractivity contribution is -0.129. The van der Waals surface area contributed by atoms with E-state index in [0.717, 1.165) is 37.1 Å². The highest BCUT2D eigenvalue weighted by Gasteiger charge is 2.23. The zero-order chi connectivity index (χ0) is 22.2. The molecule has 1 aliphatic heterocycles. The molecule has 1 fully saturated rings. The fourth-order valence-corrected chi connectivity index (χ4v) is 3.74. The fraction of sp³-hybridized carbons (Fsp3) is 0.400. The summed E-state index contributed by atoms with van der Waals surface area (Å²) in [6, 6.07) is 15.8. The smallest absolute Gasteiger partial charge is 0.253 e. The van der Waals surface area contributed by atoms with E-state index < -0.39 is 6.04 Å². The molecule has 0 aliphatic carbocycles. The van der Waals surface area contributed by atoms with Gasteiger partial charge in [0.2, 0.25) is 11.8 Å². The molecule has 2 aromatic rings. The minimum atomic E-state index is -0.762. The third-order valence-electron chi connectivity index (χ3n) is 5.33. The van der Waals surface area contributed by atoms with Crippen molar-refractivity contribution in [1.29, 1.82) is 0 Å². The SMILES string of the molecule is CC(C)CC(=O)NC(C(=O)NCc1cccc(C(=O)N2CCCC2)c1)c1ccccc1. The van der Waals surface area contributed by atoms with Crippen LogP contribution in [-0.4, -0.2) is 35.7 Å². The molecule has 0 spiro atoms. The molecule has 164 valence electrons.